The van der Waals surface area contributed by atoms with Crippen molar-refractivity contribution in [2.24, 2.45) is 5.73 Å². The number of aromatic amines is 2. The van der Waals surface area contributed by atoms with Crippen LogP contribution in [-0.2, 0) is 5.54 Å². The molecule has 0 radical (unpaired) electrons. The Balaban J connectivity index is 1.71. The molecule has 0 fully saturated rings. The van der Waals surface area contributed by atoms with Gasteiger partial charge >= 0.3 is 0 Å². The molecule has 4 N–H and O–H groups in total. The molecule has 0 atom stereocenters. The molecule has 2 aliphatic heterocycles. The highest BCUT2D eigenvalue weighted by Crippen LogP contribution is 2.35. The van der Waals surface area contributed by atoms with Crippen molar-refractivity contribution in [2.75, 3.05) is 0 Å². The molecule has 156 valence electrons. The highest BCUT2D eigenvalue weighted by atomic mass is 35.5. The maximum atomic E-state index is 13.1. The summed E-state index contributed by atoms with van der Waals surface area (Å²) >= 11 is 6.00. The van der Waals surface area contributed by atoms with Gasteiger partial charge in [-0.2, -0.15) is 9.78 Å². The van der Waals surface area contributed by atoms with Crippen LogP contribution in [0.3, 0.4) is 0 Å². The van der Waals surface area contributed by atoms with Gasteiger partial charge < -0.3 is 15.7 Å². The minimum Gasteiger partial charge on any atom is -0.364 e. The number of rotatable bonds is 3. The number of aryl methyl sites for hydroxylation is 1. The first kappa shape index (κ1) is 19.6. The van der Waals surface area contributed by atoms with Crippen LogP contribution in [0.1, 0.15) is 25.2 Å². The third kappa shape index (κ3) is 3.24. The molecule has 31 heavy (non-hydrogen) atoms. The molecule has 2 aliphatic rings. The van der Waals surface area contributed by atoms with Crippen LogP contribution >= 0.6 is 11.6 Å². The fraction of sp³-hybridized carbons (Fsp3) is 0.167. The Bertz CT molecular complexity index is 1450. The van der Waals surface area contributed by atoms with Gasteiger partial charge in [0.25, 0.3) is 5.56 Å². The Labute approximate surface area is 184 Å². The minimum absolute atomic E-state index is 0.176. The Hall–Kier alpha value is -3.35. The summed E-state index contributed by atoms with van der Waals surface area (Å²) in [6.45, 7) is 5.92. The van der Waals surface area contributed by atoms with Crippen LogP contribution in [0.4, 0.5) is 0 Å². The molecule has 0 unspecified atom stereocenters. The van der Waals surface area contributed by atoms with Gasteiger partial charge in [0, 0.05) is 39.1 Å². The second kappa shape index (κ2) is 6.83. The quantitative estimate of drug-likeness (QED) is 0.376. The van der Waals surface area contributed by atoms with Crippen molar-refractivity contribution in [3.8, 4) is 28.1 Å². The van der Waals surface area contributed by atoms with Gasteiger partial charge in [-0.1, -0.05) is 17.7 Å². The smallest absolute Gasteiger partial charge is 0.282 e. The second-order valence-corrected chi connectivity index (χ2v) is 8.89. The number of benzene rings is 2. The largest absolute Gasteiger partial charge is 0.364 e. The van der Waals surface area contributed by atoms with Gasteiger partial charge in [0.1, 0.15) is 5.69 Å². The third-order valence-electron chi connectivity index (χ3n) is 5.60. The first-order valence-corrected chi connectivity index (χ1v) is 10.4. The number of H-pyrrole nitrogens is 2. The fourth-order valence-corrected chi connectivity index (χ4v) is 4.03. The highest BCUT2D eigenvalue weighted by molar-refractivity contribution is 6.30. The molecule has 0 aliphatic carbocycles. The van der Waals surface area contributed by atoms with Gasteiger partial charge in [-0.15, -0.1) is 0 Å². The van der Waals surface area contributed by atoms with E-state index in [-0.39, 0.29) is 5.56 Å². The zero-order chi connectivity index (χ0) is 21.9. The zero-order valence-electron chi connectivity index (χ0n) is 17.5. The number of hydrogen-bond acceptors (Lipinski definition) is 3. The third-order valence-corrected chi connectivity index (χ3v) is 5.85. The van der Waals surface area contributed by atoms with Crippen LogP contribution in [-0.4, -0.2) is 19.7 Å². The number of nitrogens with zero attached hydrogens (tertiary/aromatic N) is 2. The number of pyridine rings is 1. The lowest BCUT2D eigenvalue weighted by molar-refractivity contribution is 0.540. The van der Waals surface area contributed by atoms with Crippen molar-refractivity contribution < 1.29 is 0 Å². The van der Waals surface area contributed by atoms with E-state index < -0.39 is 5.54 Å². The summed E-state index contributed by atoms with van der Waals surface area (Å²) in [6.07, 6.45) is 1.72. The van der Waals surface area contributed by atoms with Crippen LogP contribution < -0.4 is 11.3 Å². The van der Waals surface area contributed by atoms with E-state index >= 15 is 0 Å². The molecule has 7 heteroatoms. The van der Waals surface area contributed by atoms with Crippen LogP contribution in [0.2, 0.25) is 5.02 Å². The van der Waals surface area contributed by atoms with Crippen LogP contribution in [0.5, 0.6) is 0 Å². The molecule has 0 saturated carbocycles. The molecule has 6 nitrogen and oxygen atoms in total. The fourth-order valence-electron chi connectivity index (χ4n) is 3.91. The number of aromatic nitrogens is 4. The molecule has 0 spiro atoms. The predicted molar refractivity (Wildman–Crippen MR) is 125 cm³/mol. The maximum Gasteiger partial charge on any atom is 0.282 e. The minimum atomic E-state index is -0.461. The number of hydrogen-bond donors (Lipinski definition) is 3. The first-order valence-electron chi connectivity index (χ1n) is 10.0. The van der Waals surface area contributed by atoms with Crippen molar-refractivity contribution >= 4 is 22.5 Å². The van der Waals surface area contributed by atoms with E-state index in [1.807, 2.05) is 32.9 Å². The van der Waals surface area contributed by atoms with Gasteiger partial charge in [-0.25, -0.2) is 0 Å². The normalized spacial score (nSPS) is 12.2. The molecule has 2 aromatic carbocycles. The summed E-state index contributed by atoms with van der Waals surface area (Å²) in [5, 5.41) is 6.35. The van der Waals surface area contributed by atoms with Gasteiger partial charge in [-0.3, -0.25) is 4.79 Å². The highest BCUT2D eigenvalue weighted by Gasteiger charge is 2.23. The average molecular weight is 432 g/mol. The van der Waals surface area contributed by atoms with Crippen LogP contribution in [0.15, 0.2) is 59.5 Å². The molecular formula is C24H22ClN5O. The first-order chi connectivity index (χ1) is 14.7. The number of fused-ring (bicyclic) bond motifs is 2. The summed E-state index contributed by atoms with van der Waals surface area (Å²) < 4.78 is 1.42. The van der Waals surface area contributed by atoms with Crippen molar-refractivity contribution in [3.05, 3.63) is 81.5 Å². The van der Waals surface area contributed by atoms with Crippen molar-refractivity contribution in [3.63, 3.8) is 0 Å². The van der Waals surface area contributed by atoms with Crippen LogP contribution in [0, 0.1) is 6.92 Å². The van der Waals surface area contributed by atoms with E-state index in [4.69, 9.17) is 17.3 Å². The van der Waals surface area contributed by atoms with E-state index in [1.54, 1.807) is 30.5 Å². The maximum absolute atomic E-state index is 13.1. The Morgan fingerprint density at radius 2 is 1.84 bits per heavy atom. The van der Waals surface area contributed by atoms with E-state index in [2.05, 4.69) is 27.2 Å². The van der Waals surface area contributed by atoms with Crippen molar-refractivity contribution in [1.29, 1.82) is 0 Å². The lowest BCUT2D eigenvalue weighted by Crippen LogP contribution is -2.28. The molecule has 5 rings (SSSR count). The SMILES string of the molecule is Cc1[nH]cc2c(=O)n(-c3ccc(Cl)cc3)nc-2c1-c1ccc2[nH]c(C(C)(C)N)cc2c1. The summed E-state index contributed by atoms with van der Waals surface area (Å²) in [5.74, 6) is 0. The Kier molecular flexibility index (Phi) is 4.32. The lowest BCUT2D eigenvalue weighted by atomic mass is 9.97. The topological polar surface area (TPSA) is 92.5 Å². The van der Waals surface area contributed by atoms with E-state index in [1.165, 1.54) is 4.68 Å². The van der Waals surface area contributed by atoms with Gasteiger partial charge in [0.2, 0.25) is 0 Å². The Morgan fingerprint density at radius 3 is 2.55 bits per heavy atom. The summed E-state index contributed by atoms with van der Waals surface area (Å²) in [4.78, 5) is 19.7. The summed E-state index contributed by atoms with van der Waals surface area (Å²) in [7, 11) is 0. The predicted octanol–water partition coefficient (Wildman–Crippen LogP) is 4.97. The standard InChI is InChI=1S/C24H22ClN5O/c1-13-21(14-4-9-19-15(10-14)11-20(28-19)24(2,3)26)22-18(12-27-13)23(31)30(29-22)17-7-5-16(25)6-8-17/h4-12,27-28H,26H2,1-3H3. The number of nitrogens with two attached hydrogens (primary N) is 1. The molecule has 1 aromatic heterocycles. The zero-order valence-corrected chi connectivity index (χ0v) is 18.2. The average Bonchev–Trinajstić information content (AvgIpc) is 3.29. The molecule has 0 saturated heterocycles. The molecule has 3 heterocycles. The summed E-state index contributed by atoms with van der Waals surface area (Å²) in [5.41, 5.74) is 12.3. The molecular weight excluding hydrogens is 410 g/mol. The monoisotopic (exact) mass is 431 g/mol. The molecule has 3 aromatic rings. The lowest BCUT2D eigenvalue weighted by Gasteiger charge is -2.15. The Morgan fingerprint density at radius 1 is 1.10 bits per heavy atom. The van der Waals surface area contributed by atoms with E-state index in [0.717, 1.165) is 33.4 Å². The molecule has 0 amide bonds. The van der Waals surface area contributed by atoms with E-state index in [0.29, 0.717) is 22.0 Å². The van der Waals surface area contributed by atoms with Gasteiger partial charge in [-0.05, 0) is 68.8 Å². The molecule has 0 bridgehead atoms. The van der Waals surface area contributed by atoms with Gasteiger partial charge in [0.05, 0.1) is 16.8 Å². The number of nitrogens with one attached hydrogen (secondary N) is 2. The van der Waals surface area contributed by atoms with Crippen LogP contribution in [0.25, 0.3) is 39.0 Å². The summed E-state index contributed by atoms with van der Waals surface area (Å²) in [6, 6.07) is 15.3. The van der Waals surface area contributed by atoms with Crippen molar-refractivity contribution in [2.45, 2.75) is 26.3 Å². The van der Waals surface area contributed by atoms with Gasteiger partial charge in [0.15, 0.2) is 0 Å². The second-order valence-electron chi connectivity index (χ2n) is 8.45. The van der Waals surface area contributed by atoms with E-state index in [9.17, 15) is 4.79 Å². The number of halogens is 1. The van der Waals surface area contributed by atoms with Crippen molar-refractivity contribution in [1.82, 2.24) is 19.7 Å².